The Morgan fingerprint density at radius 2 is 1.87 bits per heavy atom. The SMILES string of the molecule is CSc1ccc(-c2ccc3c(c2)C(NC(=O)O[C@@H]2CN4CCC2CC4)CCO3)cc1. The summed E-state index contributed by atoms with van der Waals surface area (Å²) in [6.07, 6.45) is 4.82. The molecule has 0 aliphatic carbocycles. The summed E-state index contributed by atoms with van der Waals surface area (Å²) in [4.78, 5) is 16.3. The number of fused-ring (bicyclic) bond motifs is 4. The van der Waals surface area contributed by atoms with Crippen LogP contribution in [0.5, 0.6) is 5.75 Å². The van der Waals surface area contributed by atoms with Gasteiger partial charge in [-0.1, -0.05) is 18.2 Å². The third-order valence-electron chi connectivity index (χ3n) is 6.62. The number of benzene rings is 2. The number of hydrogen-bond donors (Lipinski definition) is 1. The number of piperidine rings is 3. The Hall–Kier alpha value is -2.18. The van der Waals surface area contributed by atoms with E-state index in [1.165, 1.54) is 4.90 Å². The van der Waals surface area contributed by atoms with Crippen molar-refractivity contribution in [3.05, 3.63) is 48.0 Å². The molecule has 3 saturated heterocycles. The highest BCUT2D eigenvalue weighted by Crippen LogP contribution is 2.36. The van der Waals surface area contributed by atoms with Crippen LogP contribution >= 0.6 is 11.8 Å². The maximum Gasteiger partial charge on any atom is 0.407 e. The van der Waals surface area contributed by atoms with Gasteiger partial charge in [-0.15, -0.1) is 11.8 Å². The number of alkyl carbamates (subject to hydrolysis) is 1. The third-order valence-corrected chi connectivity index (χ3v) is 7.36. The number of rotatable bonds is 4. The highest BCUT2D eigenvalue weighted by molar-refractivity contribution is 7.98. The van der Waals surface area contributed by atoms with Gasteiger partial charge in [0.1, 0.15) is 11.9 Å². The molecule has 2 aromatic rings. The summed E-state index contributed by atoms with van der Waals surface area (Å²) in [5, 5.41) is 3.12. The summed E-state index contributed by atoms with van der Waals surface area (Å²) in [5.74, 6) is 1.36. The molecule has 2 atom stereocenters. The molecule has 0 spiro atoms. The summed E-state index contributed by atoms with van der Waals surface area (Å²) in [7, 11) is 0. The molecule has 0 aromatic heterocycles. The molecule has 4 aliphatic heterocycles. The number of nitrogens with one attached hydrogen (secondary N) is 1. The van der Waals surface area contributed by atoms with E-state index in [0.717, 1.165) is 61.3 Å². The highest BCUT2D eigenvalue weighted by atomic mass is 32.2. The van der Waals surface area contributed by atoms with Gasteiger partial charge in [0.25, 0.3) is 0 Å². The number of ether oxygens (including phenoxy) is 2. The first-order valence-corrected chi connectivity index (χ1v) is 12.0. The van der Waals surface area contributed by atoms with Crippen LogP contribution in [0.4, 0.5) is 4.79 Å². The molecule has 5 nitrogen and oxygen atoms in total. The van der Waals surface area contributed by atoms with E-state index in [9.17, 15) is 4.79 Å². The molecule has 0 saturated carbocycles. The summed E-state index contributed by atoms with van der Waals surface area (Å²) in [5.41, 5.74) is 3.32. The number of thioether (sulfide) groups is 1. The van der Waals surface area contributed by atoms with Gasteiger partial charge in [0.2, 0.25) is 0 Å². The molecule has 0 radical (unpaired) electrons. The summed E-state index contributed by atoms with van der Waals surface area (Å²) >= 11 is 1.74. The van der Waals surface area contributed by atoms with E-state index in [1.54, 1.807) is 11.8 Å². The average Bonchev–Trinajstić information content (AvgIpc) is 2.80. The zero-order valence-electron chi connectivity index (χ0n) is 17.3. The van der Waals surface area contributed by atoms with E-state index < -0.39 is 0 Å². The number of hydrogen-bond acceptors (Lipinski definition) is 5. The second-order valence-corrected chi connectivity index (χ2v) is 9.28. The van der Waals surface area contributed by atoms with Gasteiger partial charge in [0.15, 0.2) is 0 Å². The Balaban J connectivity index is 1.30. The zero-order valence-corrected chi connectivity index (χ0v) is 18.1. The minimum absolute atomic E-state index is 0.0214. The Labute approximate surface area is 182 Å². The van der Waals surface area contributed by atoms with Gasteiger partial charge >= 0.3 is 6.09 Å². The predicted octanol–water partition coefficient (Wildman–Crippen LogP) is 4.72. The van der Waals surface area contributed by atoms with Crippen LogP contribution in [0.2, 0.25) is 0 Å². The molecule has 2 aromatic carbocycles. The standard InChI is InChI=1S/C24H28N2O3S/c1-30-19-5-2-16(3-6-19)18-4-7-22-20(14-18)21(10-13-28-22)25-24(27)29-23-15-26-11-8-17(23)9-12-26/h2-7,14,17,21,23H,8-13,15H2,1H3,(H,25,27)/t21?,23-/m1/s1. The zero-order chi connectivity index (χ0) is 20.5. The number of carbonyl (C=O) groups is 1. The van der Waals surface area contributed by atoms with Crippen LogP contribution in [0.1, 0.15) is 30.9 Å². The molecule has 1 amide bonds. The van der Waals surface area contributed by atoms with Crippen molar-refractivity contribution in [3.8, 4) is 16.9 Å². The number of carbonyl (C=O) groups excluding carboxylic acids is 1. The lowest BCUT2D eigenvalue weighted by molar-refractivity contribution is -0.0342. The van der Waals surface area contributed by atoms with Crippen LogP contribution in [0.15, 0.2) is 47.4 Å². The molecule has 6 rings (SSSR count). The first kappa shape index (κ1) is 19.8. The first-order chi connectivity index (χ1) is 14.7. The van der Waals surface area contributed by atoms with Gasteiger partial charge in [0.05, 0.1) is 12.6 Å². The molecule has 1 unspecified atom stereocenters. The third kappa shape index (κ3) is 4.03. The molecular formula is C24H28N2O3S. The van der Waals surface area contributed by atoms with Gasteiger partial charge in [-0.05, 0) is 73.5 Å². The Morgan fingerprint density at radius 3 is 2.57 bits per heavy atom. The average molecular weight is 425 g/mol. The smallest absolute Gasteiger partial charge is 0.407 e. The molecule has 4 aliphatic rings. The first-order valence-electron chi connectivity index (χ1n) is 10.8. The largest absolute Gasteiger partial charge is 0.493 e. The van der Waals surface area contributed by atoms with Gasteiger partial charge in [-0.25, -0.2) is 4.79 Å². The predicted molar refractivity (Wildman–Crippen MR) is 119 cm³/mol. The minimum Gasteiger partial charge on any atom is -0.493 e. The Morgan fingerprint density at radius 1 is 1.10 bits per heavy atom. The molecule has 4 heterocycles. The quantitative estimate of drug-likeness (QED) is 0.720. The normalized spacial score (nSPS) is 27.1. The van der Waals surface area contributed by atoms with Crippen LogP contribution in [0.3, 0.4) is 0 Å². The number of nitrogens with zero attached hydrogens (tertiary/aromatic N) is 1. The van der Waals surface area contributed by atoms with Crippen molar-refractivity contribution in [2.24, 2.45) is 5.92 Å². The van der Waals surface area contributed by atoms with Crippen LogP contribution in [0.25, 0.3) is 11.1 Å². The molecule has 3 fully saturated rings. The van der Waals surface area contributed by atoms with Gasteiger partial charge in [-0.2, -0.15) is 0 Å². The second kappa shape index (κ2) is 8.52. The van der Waals surface area contributed by atoms with E-state index in [0.29, 0.717) is 12.5 Å². The van der Waals surface area contributed by atoms with Crippen LogP contribution in [-0.2, 0) is 4.74 Å². The van der Waals surface area contributed by atoms with Gasteiger partial charge < -0.3 is 14.8 Å². The minimum atomic E-state index is -0.304. The fourth-order valence-corrected chi connectivity index (χ4v) is 5.27. The van der Waals surface area contributed by atoms with Crippen molar-refractivity contribution in [1.29, 1.82) is 0 Å². The van der Waals surface area contributed by atoms with Gasteiger partial charge in [-0.3, -0.25) is 4.90 Å². The Kier molecular flexibility index (Phi) is 5.61. The van der Waals surface area contributed by atoms with Crippen LogP contribution < -0.4 is 10.1 Å². The number of amides is 1. The van der Waals surface area contributed by atoms with Crippen molar-refractivity contribution < 1.29 is 14.3 Å². The lowest BCUT2D eigenvalue weighted by Crippen LogP contribution is -2.52. The van der Waals surface area contributed by atoms with Crippen LogP contribution in [0, 0.1) is 5.92 Å². The molecule has 2 bridgehead atoms. The van der Waals surface area contributed by atoms with Crippen molar-refractivity contribution >= 4 is 17.9 Å². The van der Waals surface area contributed by atoms with E-state index >= 15 is 0 Å². The maximum absolute atomic E-state index is 12.7. The van der Waals surface area contributed by atoms with E-state index in [1.807, 2.05) is 6.07 Å². The summed E-state index contributed by atoms with van der Waals surface area (Å²) < 4.78 is 11.7. The van der Waals surface area contributed by atoms with Crippen LogP contribution in [-0.4, -0.2) is 49.6 Å². The lowest BCUT2D eigenvalue weighted by Gasteiger charge is -2.44. The highest BCUT2D eigenvalue weighted by Gasteiger charge is 2.37. The van der Waals surface area contributed by atoms with E-state index in [2.05, 4.69) is 52.9 Å². The van der Waals surface area contributed by atoms with Crippen molar-refractivity contribution in [1.82, 2.24) is 10.2 Å². The monoisotopic (exact) mass is 424 g/mol. The summed E-state index contributed by atoms with van der Waals surface area (Å²) in [6, 6.07) is 14.7. The summed E-state index contributed by atoms with van der Waals surface area (Å²) in [6.45, 7) is 3.75. The van der Waals surface area contributed by atoms with Gasteiger partial charge in [0, 0.05) is 23.4 Å². The van der Waals surface area contributed by atoms with Crippen molar-refractivity contribution in [2.75, 3.05) is 32.5 Å². The molecule has 30 heavy (non-hydrogen) atoms. The topological polar surface area (TPSA) is 50.8 Å². The molecular weight excluding hydrogens is 396 g/mol. The van der Waals surface area contributed by atoms with E-state index in [-0.39, 0.29) is 18.2 Å². The van der Waals surface area contributed by atoms with E-state index in [4.69, 9.17) is 9.47 Å². The van der Waals surface area contributed by atoms with Crippen molar-refractivity contribution in [3.63, 3.8) is 0 Å². The molecule has 158 valence electrons. The molecule has 1 N–H and O–H groups in total. The second-order valence-electron chi connectivity index (χ2n) is 8.40. The molecule has 6 heteroatoms. The fourth-order valence-electron chi connectivity index (χ4n) is 4.87. The maximum atomic E-state index is 12.7. The lowest BCUT2D eigenvalue weighted by atomic mass is 9.86. The fraction of sp³-hybridized carbons (Fsp3) is 0.458. The van der Waals surface area contributed by atoms with Crippen molar-refractivity contribution in [2.45, 2.75) is 36.3 Å². The Bertz CT molecular complexity index is 909.